The molecular formula is C19H25F3N6O2. The molecule has 1 atom stereocenters. The highest BCUT2D eigenvalue weighted by Crippen LogP contribution is 2.38. The summed E-state index contributed by atoms with van der Waals surface area (Å²) in [6.07, 6.45) is 2.69. The first kappa shape index (κ1) is 21.8. The fourth-order valence-corrected chi connectivity index (χ4v) is 3.64. The molecule has 1 saturated carbocycles. The van der Waals surface area contributed by atoms with Gasteiger partial charge < -0.3 is 15.1 Å². The number of carbonyl (C=O) groups is 1. The Morgan fingerprint density at radius 3 is 2.53 bits per heavy atom. The second-order valence-corrected chi connectivity index (χ2v) is 7.47. The highest BCUT2D eigenvalue weighted by Gasteiger charge is 2.41. The Bertz CT molecular complexity index is 841. The van der Waals surface area contributed by atoms with E-state index >= 15 is 0 Å². The largest absolute Gasteiger partial charge is 0.423 e. The molecule has 1 amide bonds. The lowest BCUT2D eigenvalue weighted by Crippen LogP contribution is -2.33. The second kappa shape index (κ2) is 9.31. The van der Waals surface area contributed by atoms with Crippen molar-refractivity contribution in [1.29, 1.82) is 0 Å². The van der Waals surface area contributed by atoms with Gasteiger partial charge in [-0.1, -0.05) is 6.08 Å². The van der Waals surface area contributed by atoms with Crippen molar-refractivity contribution in [2.75, 3.05) is 11.9 Å². The summed E-state index contributed by atoms with van der Waals surface area (Å²) in [5.74, 6) is -0.0959. The highest BCUT2D eigenvalue weighted by molar-refractivity contribution is 5.82. The Balaban J connectivity index is 0.000000269. The zero-order valence-electron chi connectivity index (χ0n) is 16.7. The molecule has 1 aliphatic carbocycles. The van der Waals surface area contributed by atoms with E-state index in [1.54, 1.807) is 24.0 Å². The molecule has 0 bridgehead atoms. The molecule has 4 rings (SSSR count). The lowest BCUT2D eigenvalue weighted by molar-refractivity contribution is -0.182. The number of aryl methyl sites for hydroxylation is 1. The minimum Gasteiger partial charge on any atom is -0.423 e. The Morgan fingerprint density at radius 1 is 1.30 bits per heavy atom. The zero-order valence-corrected chi connectivity index (χ0v) is 16.7. The van der Waals surface area contributed by atoms with Crippen LogP contribution in [0, 0.1) is 11.8 Å². The van der Waals surface area contributed by atoms with E-state index in [4.69, 9.17) is 4.42 Å². The van der Waals surface area contributed by atoms with E-state index in [1.165, 1.54) is 6.39 Å². The average molecular weight is 426 g/mol. The number of hydrogen-bond acceptors (Lipinski definition) is 6. The van der Waals surface area contributed by atoms with Crippen LogP contribution in [-0.4, -0.2) is 44.6 Å². The van der Waals surface area contributed by atoms with Gasteiger partial charge in [0.2, 0.25) is 12.3 Å². The lowest BCUT2D eigenvalue weighted by atomic mass is 9.85. The van der Waals surface area contributed by atoms with Crippen LogP contribution in [0.4, 0.5) is 19.0 Å². The summed E-state index contributed by atoms with van der Waals surface area (Å²) in [5.41, 5.74) is 0.651. The number of anilines is 1. The molecule has 0 aromatic carbocycles. The van der Waals surface area contributed by atoms with Gasteiger partial charge in [0.05, 0.1) is 11.8 Å². The normalized spacial score (nSPS) is 24.0. The SMILES string of the molecule is C=CC1CCNC1=O.Cn1cc(-c2nnco2)c(NC2CCC(C(F)(F)F)CC2)n1. The predicted octanol–water partition coefficient (Wildman–Crippen LogP) is 3.31. The molecule has 0 radical (unpaired) electrons. The summed E-state index contributed by atoms with van der Waals surface area (Å²) in [7, 11) is 1.76. The zero-order chi connectivity index (χ0) is 21.7. The van der Waals surface area contributed by atoms with Gasteiger partial charge in [-0.05, 0) is 32.1 Å². The number of nitrogens with zero attached hydrogens (tertiary/aromatic N) is 4. The minimum absolute atomic E-state index is 0.0322. The molecule has 11 heteroatoms. The molecule has 164 valence electrons. The first-order valence-corrected chi connectivity index (χ1v) is 9.81. The van der Waals surface area contributed by atoms with Gasteiger partial charge in [-0.2, -0.15) is 18.3 Å². The number of amides is 1. The van der Waals surface area contributed by atoms with Crippen LogP contribution in [0.2, 0.25) is 0 Å². The van der Waals surface area contributed by atoms with Crippen LogP contribution in [0.1, 0.15) is 32.1 Å². The monoisotopic (exact) mass is 426 g/mol. The Hall–Kier alpha value is -2.85. The van der Waals surface area contributed by atoms with Gasteiger partial charge in [-0.25, -0.2) is 0 Å². The number of rotatable bonds is 4. The fraction of sp³-hybridized carbons (Fsp3) is 0.579. The van der Waals surface area contributed by atoms with E-state index in [-0.39, 0.29) is 30.7 Å². The third kappa shape index (κ3) is 5.39. The maximum atomic E-state index is 12.7. The van der Waals surface area contributed by atoms with Gasteiger partial charge in [0.15, 0.2) is 5.82 Å². The minimum atomic E-state index is -4.09. The summed E-state index contributed by atoms with van der Waals surface area (Å²) >= 11 is 0. The molecule has 8 nitrogen and oxygen atoms in total. The molecule has 2 aliphatic rings. The van der Waals surface area contributed by atoms with Crippen molar-refractivity contribution in [2.45, 2.75) is 44.3 Å². The Kier molecular flexibility index (Phi) is 6.78. The van der Waals surface area contributed by atoms with Gasteiger partial charge in [0.25, 0.3) is 5.89 Å². The fourth-order valence-electron chi connectivity index (χ4n) is 3.64. The van der Waals surface area contributed by atoms with Gasteiger partial charge >= 0.3 is 6.18 Å². The molecule has 2 aromatic rings. The molecule has 30 heavy (non-hydrogen) atoms. The van der Waals surface area contributed by atoms with Crippen molar-refractivity contribution in [3.8, 4) is 11.5 Å². The molecule has 0 spiro atoms. The maximum absolute atomic E-state index is 12.7. The summed E-state index contributed by atoms with van der Waals surface area (Å²) in [6, 6.07) is -0.0322. The summed E-state index contributed by atoms with van der Waals surface area (Å²) in [4.78, 5) is 10.6. The molecule has 1 saturated heterocycles. The number of nitrogens with one attached hydrogen (secondary N) is 2. The Morgan fingerprint density at radius 2 is 2.03 bits per heavy atom. The summed E-state index contributed by atoms with van der Waals surface area (Å²) in [6.45, 7) is 4.35. The number of halogens is 3. The van der Waals surface area contributed by atoms with Crippen LogP contribution < -0.4 is 10.6 Å². The molecule has 1 unspecified atom stereocenters. The van der Waals surface area contributed by atoms with Crippen LogP contribution in [0.25, 0.3) is 11.5 Å². The summed E-state index contributed by atoms with van der Waals surface area (Å²) in [5, 5.41) is 17.7. The van der Waals surface area contributed by atoms with Gasteiger partial charge in [-0.3, -0.25) is 9.48 Å². The average Bonchev–Trinajstić information content (AvgIpc) is 3.43. The molecule has 1 aliphatic heterocycles. The van der Waals surface area contributed by atoms with Crippen LogP contribution >= 0.6 is 0 Å². The van der Waals surface area contributed by atoms with E-state index in [9.17, 15) is 18.0 Å². The van der Waals surface area contributed by atoms with Crippen LogP contribution in [0.15, 0.2) is 29.7 Å². The van der Waals surface area contributed by atoms with E-state index in [1.807, 2.05) is 0 Å². The topological polar surface area (TPSA) is 97.9 Å². The third-order valence-electron chi connectivity index (χ3n) is 5.33. The van der Waals surface area contributed by atoms with Crippen molar-refractivity contribution in [2.24, 2.45) is 18.9 Å². The first-order chi connectivity index (χ1) is 14.3. The third-order valence-corrected chi connectivity index (χ3v) is 5.33. The van der Waals surface area contributed by atoms with Gasteiger partial charge in [-0.15, -0.1) is 16.8 Å². The second-order valence-electron chi connectivity index (χ2n) is 7.47. The van der Waals surface area contributed by atoms with E-state index in [0.717, 1.165) is 13.0 Å². The standard InChI is InChI=1S/C13H16F3N5O.C6H9NO/c1-21-6-10(12-19-17-7-22-12)11(20-21)18-9-4-2-8(3-5-9)13(14,15)16;1-2-5-3-4-7-6(5)8/h6-9H,2-5H2,1H3,(H,18,20);2,5H,1,3-4H2,(H,7,8). The number of carbonyl (C=O) groups excluding carboxylic acids is 1. The number of aromatic nitrogens is 4. The van der Waals surface area contributed by atoms with Gasteiger partial charge in [0.1, 0.15) is 5.56 Å². The number of alkyl halides is 3. The molecule has 2 fully saturated rings. The van der Waals surface area contributed by atoms with Crippen LogP contribution in [-0.2, 0) is 11.8 Å². The lowest BCUT2D eigenvalue weighted by Gasteiger charge is -2.30. The molecular weight excluding hydrogens is 401 g/mol. The van der Waals surface area contributed by atoms with Crippen molar-refractivity contribution in [1.82, 2.24) is 25.3 Å². The maximum Gasteiger partial charge on any atom is 0.391 e. The predicted molar refractivity (Wildman–Crippen MR) is 103 cm³/mol. The van der Waals surface area contributed by atoms with Crippen molar-refractivity contribution < 1.29 is 22.4 Å². The van der Waals surface area contributed by atoms with Crippen molar-refractivity contribution in [3.05, 3.63) is 25.2 Å². The van der Waals surface area contributed by atoms with E-state index in [0.29, 0.717) is 30.1 Å². The molecule has 2 N–H and O–H groups in total. The molecule has 2 aromatic heterocycles. The highest BCUT2D eigenvalue weighted by atomic mass is 19.4. The molecule has 3 heterocycles. The van der Waals surface area contributed by atoms with E-state index < -0.39 is 12.1 Å². The van der Waals surface area contributed by atoms with Crippen molar-refractivity contribution >= 4 is 11.7 Å². The van der Waals surface area contributed by atoms with E-state index in [2.05, 4.69) is 32.5 Å². The first-order valence-electron chi connectivity index (χ1n) is 9.81. The van der Waals surface area contributed by atoms with Gasteiger partial charge in [0, 0.05) is 25.8 Å². The van der Waals surface area contributed by atoms with Crippen LogP contribution in [0.5, 0.6) is 0 Å². The van der Waals surface area contributed by atoms with Crippen LogP contribution in [0.3, 0.4) is 0 Å². The summed E-state index contributed by atoms with van der Waals surface area (Å²) < 4.78 is 44.8. The number of hydrogen-bond donors (Lipinski definition) is 2. The quantitative estimate of drug-likeness (QED) is 0.728. The van der Waals surface area contributed by atoms with Crippen molar-refractivity contribution in [3.63, 3.8) is 0 Å². The Labute approximate surface area is 171 Å². The smallest absolute Gasteiger partial charge is 0.391 e.